The zero-order chi connectivity index (χ0) is 14.5. The van der Waals surface area contributed by atoms with Gasteiger partial charge in [-0.1, -0.05) is 0 Å². The predicted molar refractivity (Wildman–Crippen MR) is 79.9 cm³/mol. The molecule has 0 aliphatic carbocycles. The van der Waals surface area contributed by atoms with Gasteiger partial charge in [0, 0.05) is 22.7 Å². The van der Waals surface area contributed by atoms with Crippen LogP contribution in [0.25, 0.3) is 11.6 Å². The van der Waals surface area contributed by atoms with Crippen LogP contribution in [0.3, 0.4) is 0 Å². The molecular formula is C15H14N2O2S. The number of thiazole rings is 1. The zero-order valence-corrected chi connectivity index (χ0v) is 12.3. The number of ether oxygens (including phenoxy) is 2. The number of nitrogens with zero attached hydrogens (tertiary/aromatic N) is 2. The molecule has 1 aromatic carbocycles. The molecule has 102 valence electrons. The highest BCUT2D eigenvalue weighted by Crippen LogP contribution is 2.29. The largest absolute Gasteiger partial charge is 0.497 e. The fraction of sp³-hybridized carbons (Fsp3) is 0.200. The van der Waals surface area contributed by atoms with Gasteiger partial charge < -0.3 is 9.47 Å². The summed E-state index contributed by atoms with van der Waals surface area (Å²) in [6, 6.07) is 7.65. The molecule has 0 saturated heterocycles. The van der Waals surface area contributed by atoms with Gasteiger partial charge in [0.05, 0.1) is 19.8 Å². The van der Waals surface area contributed by atoms with Gasteiger partial charge in [0.2, 0.25) is 0 Å². The van der Waals surface area contributed by atoms with Gasteiger partial charge in [0.15, 0.2) is 0 Å². The first-order chi connectivity index (χ1) is 9.67. The van der Waals surface area contributed by atoms with Crippen LogP contribution in [-0.2, 0) is 0 Å². The Morgan fingerprint density at radius 1 is 1.35 bits per heavy atom. The highest BCUT2D eigenvalue weighted by molar-refractivity contribution is 7.11. The average molecular weight is 286 g/mol. The zero-order valence-electron chi connectivity index (χ0n) is 11.5. The van der Waals surface area contributed by atoms with E-state index in [0.717, 1.165) is 11.3 Å². The lowest BCUT2D eigenvalue weighted by atomic mass is 10.1. The Hall–Kier alpha value is -2.32. The van der Waals surface area contributed by atoms with E-state index in [1.165, 1.54) is 11.3 Å². The number of hydrogen-bond donors (Lipinski definition) is 0. The van der Waals surface area contributed by atoms with Gasteiger partial charge in [-0.15, -0.1) is 11.3 Å². The van der Waals surface area contributed by atoms with Crippen molar-refractivity contribution in [2.75, 3.05) is 14.2 Å². The van der Waals surface area contributed by atoms with Crippen LogP contribution < -0.4 is 9.47 Å². The SMILES string of the molecule is COc1ccc(/C=C(\C#N)c2nc(C)cs2)c(OC)c1. The number of hydrogen-bond acceptors (Lipinski definition) is 5. The van der Waals surface area contributed by atoms with Gasteiger partial charge in [-0.25, -0.2) is 4.98 Å². The minimum atomic E-state index is 0.520. The first-order valence-corrected chi connectivity index (χ1v) is 6.82. The van der Waals surface area contributed by atoms with E-state index >= 15 is 0 Å². The minimum Gasteiger partial charge on any atom is -0.497 e. The summed E-state index contributed by atoms with van der Waals surface area (Å²) in [5, 5.41) is 11.9. The summed E-state index contributed by atoms with van der Waals surface area (Å²) in [6.45, 7) is 1.91. The normalized spacial score (nSPS) is 11.0. The van der Waals surface area contributed by atoms with E-state index in [0.29, 0.717) is 22.1 Å². The van der Waals surface area contributed by atoms with Crippen LogP contribution in [0.15, 0.2) is 23.6 Å². The molecule has 0 radical (unpaired) electrons. The second-order valence-corrected chi connectivity index (χ2v) is 4.93. The number of rotatable bonds is 4. The molecule has 0 atom stereocenters. The van der Waals surface area contributed by atoms with Crippen LogP contribution in [0, 0.1) is 18.3 Å². The summed E-state index contributed by atoms with van der Waals surface area (Å²) in [4.78, 5) is 4.33. The van der Waals surface area contributed by atoms with Crippen molar-refractivity contribution in [1.29, 1.82) is 5.26 Å². The summed E-state index contributed by atoms with van der Waals surface area (Å²) >= 11 is 1.46. The molecule has 0 N–H and O–H groups in total. The van der Waals surface area contributed by atoms with Crippen molar-refractivity contribution in [3.63, 3.8) is 0 Å². The molecule has 0 bridgehead atoms. The summed E-state index contributed by atoms with van der Waals surface area (Å²) < 4.78 is 10.5. The number of benzene rings is 1. The van der Waals surface area contributed by atoms with E-state index in [9.17, 15) is 5.26 Å². The summed E-state index contributed by atoms with van der Waals surface area (Å²) in [6.07, 6.45) is 1.77. The number of methoxy groups -OCH3 is 2. The van der Waals surface area contributed by atoms with Crippen molar-refractivity contribution in [2.24, 2.45) is 0 Å². The lowest BCUT2D eigenvalue weighted by molar-refractivity contribution is 0.394. The second kappa shape index (κ2) is 6.22. The van der Waals surface area contributed by atoms with Crippen LogP contribution >= 0.6 is 11.3 Å². The number of aromatic nitrogens is 1. The first kappa shape index (κ1) is 14.1. The summed E-state index contributed by atoms with van der Waals surface area (Å²) in [5.74, 6) is 1.37. The molecule has 0 aliphatic rings. The van der Waals surface area contributed by atoms with Gasteiger partial charge in [0.25, 0.3) is 0 Å². The highest BCUT2D eigenvalue weighted by Gasteiger charge is 2.09. The smallest absolute Gasteiger partial charge is 0.134 e. The van der Waals surface area contributed by atoms with E-state index < -0.39 is 0 Å². The van der Waals surface area contributed by atoms with Crippen LogP contribution in [0.1, 0.15) is 16.3 Å². The van der Waals surface area contributed by atoms with Gasteiger partial charge >= 0.3 is 0 Å². The molecule has 0 aliphatic heterocycles. The van der Waals surface area contributed by atoms with Crippen molar-refractivity contribution >= 4 is 23.0 Å². The number of aryl methyl sites for hydroxylation is 1. The monoisotopic (exact) mass is 286 g/mol. The van der Waals surface area contributed by atoms with Crippen LogP contribution in [-0.4, -0.2) is 19.2 Å². The molecule has 1 aromatic heterocycles. The molecule has 1 heterocycles. The Morgan fingerprint density at radius 2 is 2.15 bits per heavy atom. The van der Waals surface area contributed by atoms with Gasteiger partial charge in [-0.2, -0.15) is 5.26 Å². The topological polar surface area (TPSA) is 55.1 Å². The highest BCUT2D eigenvalue weighted by atomic mass is 32.1. The molecule has 0 spiro atoms. The van der Waals surface area contributed by atoms with E-state index in [1.54, 1.807) is 26.4 Å². The third kappa shape index (κ3) is 2.98. The van der Waals surface area contributed by atoms with Crippen molar-refractivity contribution in [2.45, 2.75) is 6.92 Å². The Kier molecular flexibility index (Phi) is 4.38. The third-order valence-electron chi connectivity index (χ3n) is 2.71. The molecule has 0 saturated carbocycles. The van der Waals surface area contributed by atoms with E-state index in [-0.39, 0.29) is 0 Å². The molecule has 2 aromatic rings. The van der Waals surface area contributed by atoms with Gasteiger partial charge in [0.1, 0.15) is 22.6 Å². The predicted octanol–water partition coefficient (Wildman–Crippen LogP) is 3.53. The van der Waals surface area contributed by atoms with Crippen molar-refractivity contribution in [3.8, 4) is 17.6 Å². The Morgan fingerprint density at radius 3 is 2.70 bits per heavy atom. The van der Waals surface area contributed by atoms with Crippen LogP contribution in [0.4, 0.5) is 0 Å². The molecule has 0 unspecified atom stereocenters. The van der Waals surface area contributed by atoms with E-state index in [1.807, 2.05) is 24.4 Å². The minimum absolute atomic E-state index is 0.520. The number of nitriles is 1. The maximum atomic E-state index is 9.30. The fourth-order valence-corrected chi connectivity index (χ4v) is 2.48. The fourth-order valence-electron chi connectivity index (χ4n) is 1.71. The van der Waals surface area contributed by atoms with E-state index in [4.69, 9.17) is 9.47 Å². The standard InChI is InChI=1S/C15H14N2O2S/c1-10-9-20-15(17-10)12(8-16)6-11-4-5-13(18-2)7-14(11)19-3/h4-7,9H,1-3H3/b12-6+. The molecule has 5 heteroatoms. The maximum Gasteiger partial charge on any atom is 0.134 e. The average Bonchev–Trinajstić information content (AvgIpc) is 2.91. The third-order valence-corrected chi connectivity index (χ3v) is 3.70. The van der Waals surface area contributed by atoms with Crippen molar-refractivity contribution in [1.82, 2.24) is 4.98 Å². The van der Waals surface area contributed by atoms with E-state index in [2.05, 4.69) is 11.1 Å². The van der Waals surface area contributed by atoms with Crippen LogP contribution in [0.2, 0.25) is 0 Å². The molecule has 4 nitrogen and oxygen atoms in total. The first-order valence-electron chi connectivity index (χ1n) is 5.94. The lowest BCUT2D eigenvalue weighted by Gasteiger charge is -2.07. The van der Waals surface area contributed by atoms with Gasteiger partial charge in [-0.3, -0.25) is 0 Å². The Labute approximate surface area is 121 Å². The Balaban J connectivity index is 2.45. The summed E-state index contributed by atoms with van der Waals surface area (Å²) in [7, 11) is 3.19. The second-order valence-electron chi connectivity index (χ2n) is 4.07. The quantitative estimate of drug-likeness (QED) is 0.807. The lowest BCUT2D eigenvalue weighted by Crippen LogP contribution is -1.90. The molecule has 2 rings (SSSR count). The van der Waals surface area contributed by atoms with Crippen molar-refractivity contribution in [3.05, 3.63) is 39.8 Å². The van der Waals surface area contributed by atoms with Crippen molar-refractivity contribution < 1.29 is 9.47 Å². The molecule has 20 heavy (non-hydrogen) atoms. The Bertz CT molecular complexity index is 683. The van der Waals surface area contributed by atoms with Crippen LogP contribution in [0.5, 0.6) is 11.5 Å². The van der Waals surface area contributed by atoms with Gasteiger partial charge in [-0.05, 0) is 25.1 Å². The molecule has 0 amide bonds. The summed E-state index contributed by atoms with van der Waals surface area (Å²) in [5.41, 5.74) is 2.25. The molecular weight excluding hydrogens is 272 g/mol. The number of allylic oxidation sites excluding steroid dienone is 1. The maximum absolute atomic E-state index is 9.30. The molecule has 0 fully saturated rings.